The molecule has 0 unspecified atom stereocenters. The number of nitrogens with one attached hydrogen (secondary N) is 1. The van der Waals surface area contributed by atoms with Gasteiger partial charge in [0.2, 0.25) is 11.8 Å². The molecular weight excluding hydrogens is 340 g/mol. The molecule has 128 valence electrons. The van der Waals surface area contributed by atoms with Crippen molar-refractivity contribution in [1.29, 1.82) is 0 Å². The van der Waals surface area contributed by atoms with Crippen molar-refractivity contribution >= 4 is 39.3 Å². The number of hydrogen-bond acceptors (Lipinski definition) is 6. The van der Waals surface area contributed by atoms with Crippen molar-refractivity contribution in [2.24, 2.45) is 0 Å². The summed E-state index contributed by atoms with van der Waals surface area (Å²) in [5.41, 5.74) is 1.50. The van der Waals surface area contributed by atoms with Gasteiger partial charge < -0.3 is 9.15 Å². The van der Waals surface area contributed by atoms with Gasteiger partial charge in [0.15, 0.2) is 0 Å². The molecule has 0 fully saturated rings. The molecule has 0 spiro atoms. The zero-order valence-corrected chi connectivity index (χ0v) is 14.8. The van der Waals surface area contributed by atoms with Gasteiger partial charge in [-0.25, -0.2) is 9.78 Å². The summed E-state index contributed by atoms with van der Waals surface area (Å²) in [4.78, 5) is 28.7. The largest absolute Gasteiger partial charge is 0.465 e. The molecule has 3 aromatic rings. The first kappa shape index (κ1) is 16.9. The highest BCUT2D eigenvalue weighted by Crippen LogP contribution is 2.40. The average Bonchev–Trinajstić information content (AvgIpc) is 3.14. The van der Waals surface area contributed by atoms with Crippen molar-refractivity contribution in [2.45, 2.75) is 13.8 Å². The van der Waals surface area contributed by atoms with Gasteiger partial charge >= 0.3 is 5.97 Å². The van der Waals surface area contributed by atoms with Gasteiger partial charge in [-0.05, 0) is 32.1 Å². The second kappa shape index (κ2) is 6.90. The lowest BCUT2D eigenvalue weighted by molar-refractivity contribution is -0.112. The number of aryl methyl sites for hydroxylation is 1. The lowest BCUT2D eigenvalue weighted by atomic mass is 10.1. The van der Waals surface area contributed by atoms with Crippen molar-refractivity contribution in [3.05, 3.63) is 47.7 Å². The van der Waals surface area contributed by atoms with E-state index in [0.29, 0.717) is 16.3 Å². The first-order valence-electron chi connectivity index (χ1n) is 7.56. The molecule has 2 aromatic heterocycles. The lowest BCUT2D eigenvalue weighted by Gasteiger charge is -2.02. The molecule has 6 nitrogen and oxygen atoms in total. The maximum atomic E-state index is 12.2. The van der Waals surface area contributed by atoms with Crippen molar-refractivity contribution in [3.63, 3.8) is 0 Å². The third-order valence-corrected chi connectivity index (χ3v) is 4.59. The van der Waals surface area contributed by atoms with Crippen molar-refractivity contribution in [2.75, 3.05) is 12.4 Å². The maximum absolute atomic E-state index is 12.2. The molecule has 0 aliphatic carbocycles. The summed E-state index contributed by atoms with van der Waals surface area (Å²) >= 11 is 1.41. The Labute approximate surface area is 148 Å². The summed E-state index contributed by atoms with van der Waals surface area (Å²) in [5, 5.41) is 3.24. The summed E-state index contributed by atoms with van der Waals surface area (Å²) in [6.07, 6.45) is 2.99. The molecule has 0 saturated heterocycles. The monoisotopic (exact) mass is 356 g/mol. The van der Waals surface area contributed by atoms with E-state index in [4.69, 9.17) is 9.15 Å². The number of fused-ring (bicyclic) bond motifs is 1. The quantitative estimate of drug-likeness (QED) is 0.560. The van der Waals surface area contributed by atoms with Gasteiger partial charge in [0.1, 0.15) is 16.3 Å². The Kier molecular flexibility index (Phi) is 4.67. The number of ether oxygens (including phenoxy) is 1. The van der Waals surface area contributed by atoms with Crippen LogP contribution in [0, 0.1) is 6.92 Å². The second-order valence-corrected chi connectivity index (χ2v) is 6.24. The number of thiazole rings is 1. The molecule has 0 atom stereocenters. The fourth-order valence-corrected chi connectivity index (χ4v) is 3.48. The van der Waals surface area contributed by atoms with Crippen LogP contribution >= 0.6 is 11.3 Å². The molecule has 1 amide bonds. The first-order valence-corrected chi connectivity index (χ1v) is 8.38. The van der Waals surface area contributed by atoms with Crippen LogP contribution in [0.25, 0.3) is 20.8 Å². The van der Waals surface area contributed by atoms with Gasteiger partial charge in [0.05, 0.1) is 22.9 Å². The number of para-hydroxylation sites is 1. The maximum Gasteiger partial charge on any atom is 0.342 e. The lowest BCUT2D eigenvalue weighted by Crippen LogP contribution is -2.09. The average molecular weight is 356 g/mol. The summed E-state index contributed by atoms with van der Waals surface area (Å²) < 4.78 is 11.5. The number of benzene rings is 1. The number of aromatic nitrogens is 1. The van der Waals surface area contributed by atoms with Gasteiger partial charge in [-0.2, -0.15) is 0 Å². The molecular formula is C18H16N2O4S. The topological polar surface area (TPSA) is 81.4 Å². The zero-order valence-electron chi connectivity index (χ0n) is 14.0. The minimum absolute atomic E-state index is 0.181. The molecule has 7 heteroatoms. The minimum atomic E-state index is -0.540. The number of furan rings is 1. The highest BCUT2D eigenvalue weighted by Gasteiger charge is 2.28. The molecule has 3 rings (SSSR count). The molecule has 25 heavy (non-hydrogen) atoms. The van der Waals surface area contributed by atoms with Crippen molar-refractivity contribution in [1.82, 2.24) is 4.98 Å². The summed E-state index contributed by atoms with van der Waals surface area (Å²) in [6.45, 7) is 3.38. The fraction of sp³-hybridized carbons (Fsp3) is 0.167. The third kappa shape index (κ3) is 3.18. The Bertz CT molecular complexity index is 951. The van der Waals surface area contributed by atoms with E-state index in [1.165, 1.54) is 24.5 Å². The van der Waals surface area contributed by atoms with E-state index in [0.717, 1.165) is 10.2 Å². The normalized spacial score (nSPS) is 11.2. The van der Waals surface area contributed by atoms with Crippen molar-refractivity contribution < 1.29 is 18.7 Å². The Morgan fingerprint density at radius 1 is 1.32 bits per heavy atom. The van der Waals surface area contributed by atoms with Crippen LogP contribution < -0.4 is 5.32 Å². The van der Waals surface area contributed by atoms with Crippen LogP contribution in [-0.2, 0) is 9.53 Å². The number of hydrogen-bond donors (Lipinski definition) is 1. The number of esters is 1. The van der Waals surface area contributed by atoms with E-state index < -0.39 is 5.97 Å². The smallest absolute Gasteiger partial charge is 0.342 e. The van der Waals surface area contributed by atoms with Gasteiger partial charge in [-0.15, -0.1) is 11.3 Å². The number of rotatable bonds is 4. The van der Waals surface area contributed by atoms with Crippen LogP contribution in [0.2, 0.25) is 0 Å². The van der Waals surface area contributed by atoms with E-state index in [1.54, 1.807) is 19.9 Å². The number of allylic oxidation sites excluding steroid dienone is 1. The number of carbonyl (C=O) groups excluding carboxylic acids is 2. The van der Waals surface area contributed by atoms with E-state index in [9.17, 15) is 9.59 Å². The van der Waals surface area contributed by atoms with Gasteiger partial charge in [0.25, 0.3) is 0 Å². The van der Waals surface area contributed by atoms with Gasteiger partial charge in [-0.3, -0.25) is 10.1 Å². The number of carbonyl (C=O) groups is 2. The molecule has 0 radical (unpaired) electrons. The summed E-state index contributed by atoms with van der Waals surface area (Å²) in [7, 11) is 1.30. The van der Waals surface area contributed by atoms with Crippen LogP contribution in [0.4, 0.5) is 5.88 Å². The van der Waals surface area contributed by atoms with E-state index in [1.807, 2.05) is 24.3 Å². The number of amides is 1. The summed E-state index contributed by atoms with van der Waals surface area (Å²) in [6, 6.07) is 7.64. The SMILES string of the molecule is C/C=C/C(=O)Nc1oc(C)c(C(=O)OC)c1-c1nc2ccccc2s1. The fourth-order valence-electron chi connectivity index (χ4n) is 2.47. The predicted molar refractivity (Wildman–Crippen MR) is 96.8 cm³/mol. The van der Waals surface area contributed by atoms with E-state index >= 15 is 0 Å². The highest BCUT2D eigenvalue weighted by atomic mass is 32.1. The van der Waals surface area contributed by atoms with E-state index in [2.05, 4.69) is 10.3 Å². The second-order valence-electron chi connectivity index (χ2n) is 5.20. The zero-order chi connectivity index (χ0) is 18.0. The number of anilines is 1. The number of nitrogens with zero attached hydrogens (tertiary/aromatic N) is 1. The van der Waals surface area contributed by atoms with Crippen LogP contribution in [0.15, 0.2) is 40.8 Å². The Hall–Kier alpha value is -2.93. The Morgan fingerprint density at radius 3 is 2.76 bits per heavy atom. The molecule has 1 N–H and O–H groups in total. The highest BCUT2D eigenvalue weighted by molar-refractivity contribution is 7.21. The first-order chi connectivity index (χ1) is 12.0. The molecule has 2 heterocycles. The molecule has 0 aliphatic rings. The molecule has 0 saturated carbocycles. The van der Waals surface area contributed by atoms with Crippen LogP contribution in [0.1, 0.15) is 23.0 Å². The van der Waals surface area contributed by atoms with Crippen molar-refractivity contribution in [3.8, 4) is 10.6 Å². The minimum Gasteiger partial charge on any atom is -0.465 e. The predicted octanol–water partition coefficient (Wildman–Crippen LogP) is 4.17. The Balaban J connectivity index is 2.20. The summed E-state index contributed by atoms with van der Waals surface area (Å²) in [5.74, 6) is -0.353. The molecule has 1 aromatic carbocycles. The molecule has 0 aliphatic heterocycles. The number of methoxy groups -OCH3 is 1. The van der Waals surface area contributed by atoms with Crippen LogP contribution in [0.3, 0.4) is 0 Å². The third-order valence-electron chi connectivity index (χ3n) is 3.54. The van der Waals surface area contributed by atoms with Crippen LogP contribution in [-0.4, -0.2) is 24.0 Å². The van der Waals surface area contributed by atoms with Gasteiger partial charge in [0, 0.05) is 0 Å². The Morgan fingerprint density at radius 2 is 2.08 bits per heavy atom. The van der Waals surface area contributed by atoms with E-state index in [-0.39, 0.29) is 17.4 Å². The van der Waals surface area contributed by atoms with Crippen LogP contribution in [0.5, 0.6) is 0 Å². The standard InChI is InChI=1S/C18H16N2O4S/c1-4-7-13(21)20-16-15(14(10(2)24-16)18(22)23-3)17-19-11-8-5-6-9-12(11)25-17/h4-9H,1-3H3,(H,20,21)/b7-4+. The van der Waals surface area contributed by atoms with Gasteiger partial charge in [-0.1, -0.05) is 18.2 Å². The molecule has 0 bridgehead atoms.